The molecule has 0 atom stereocenters. The lowest BCUT2D eigenvalue weighted by molar-refractivity contribution is -0.131. The van der Waals surface area contributed by atoms with E-state index in [9.17, 15) is 4.79 Å². The van der Waals surface area contributed by atoms with E-state index in [0.29, 0.717) is 25.4 Å². The fourth-order valence-electron chi connectivity index (χ4n) is 2.48. The van der Waals surface area contributed by atoms with Gasteiger partial charge in [-0.15, -0.1) is 6.58 Å². The van der Waals surface area contributed by atoms with Gasteiger partial charge in [-0.1, -0.05) is 12.1 Å². The minimum Gasteiger partial charge on any atom is -0.467 e. The van der Waals surface area contributed by atoms with Gasteiger partial charge in [0.2, 0.25) is 12.7 Å². The number of furan rings is 1. The summed E-state index contributed by atoms with van der Waals surface area (Å²) >= 11 is 0. The van der Waals surface area contributed by atoms with E-state index >= 15 is 0 Å². The number of fused-ring (bicyclic) bond motifs is 1. The summed E-state index contributed by atoms with van der Waals surface area (Å²) < 4.78 is 16.1. The van der Waals surface area contributed by atoms with E-state index in [1.165, 1.54) is 0 Å². The van der Waals surface area contributed by atoms with Gasteiger partial charge in [0.05, 0.1) is 19.4 Å². The Balaban J connectivity index is 1.71. The van der Waals surface area contributed by atoms with Crippen molar-refractivity contribution in [2.45, 2.75) is 13.1 Å². The predicted molar refractivity (Wildman–Crippen MR) is 88.6 cm³/mol. The average Bonchev–Trinajstić information content (AvgIpc) is 3.25. The molecular formula is C18H20N2O4. The van der Waals surface area contributed by atoms with Crippen molar-refractivity contribution >= 4 is 5.91 Å². The molecule has 0 spiro atoms. The normalized spacial score (nSPS) is 12.2. The quantitative estimate of drug-likeness (QED) is 0.595. The van der Waals surface area contributed by atoms with E-state index < -0.39 is 0 Å². The van der Waals surface area contributed by atoms with Crippen LogP contribution in [0.4, 0.5) is 0 Å². The average molecular weight is 328 g/mol. The summed E-state index contributed by atoms with van der Waals surface area (Å²) in [5.41, 5.74) is 0.975. The molecule has 2 aromatic rings. The number of hydrogen-bond acceptors (Lipinski definition) is 5. The Kier molecular flexibility index (Phi) is 5.18. The molecule has 24 heavy (non-hydrogen) atoms. The van der Waals surface area contributed by atoms with Gasteiger partial charge in [0, 0.05) is 13.1 Å². The summed E-state index contributed by atoms with van der Waals surface area (Å²) in [5.74, 6) is 2.18. The lowest BCUT2D eigenvalue weighted by atomic mass is 10.2. The third-order valence-corrected chi connectivity index (χ3v) is 3.65. The zero-order valence-corrected chi connectivity index (χ0v) is 13.4. The first-order valence-corrected chi connectivity index (χ1v) is 7.76. The lowest BCUT2D eigenvalue weighted by Crippen LogP contribution is -2.37. The van der Waals surface area contributed by atoms with Gasteiger partial charge in [-0.25, -0.2) is 0 Å². The standard InChI is InChI=1S/C18H20N2O4/c1-2-7-19-10-18(21)20(12-15-4-3-8-22-15)11-14-5-6-16-17(9-14)24-13-23-16/h2-6,8-9,19H,1,7,10-13H2. The minimum atomic E-state index is -0.00841. The van der Waals surface area contributed by atoms with Gasteiger partial charge in [0.1, 0.15) is 5.76 Å². The maximum Gasteiger partial charge on any atom is 0.237 e. The molecule has 1 aromatic carbocycles. The predicted octanol–water partition coefficient (Wildman–Crippen LogP) is 2.31. The summed E-state index contributed by atoms with van der Waals surface area (Å²) in [6.45, 7) is 5.58. The molecular weight excluding hydrogens is 308 g/mol. The molecule has 1 aliphatic rings. The van der Waals surface area contributed by atoms with Crippen LogP contribution in [0.2, 0.25) is 0 Å². The van der Waals surface area contributed by atoms with Crippen LogP contribution in [-0.2, 0) is 17.9 Å². The van der Waals surface area contributed by atoms with E-state index in [1.807, 2.05) is 30.3 Å². The molecule has 0 radical (unpaired) electrons. The highest BCUT2D eigenvalue weighted by atomic mass is 16.7. The molecule has 126 valence electrons. The Morgan fingerprint density at radius 3 is 2.92 bits per heavy atom. The number of ether oxygens (including phenoxy) is 2. The molecule has 3 rings (SSSR count). The first-order chi connectivity index (χ1) is 11.8. The van der Waals surface area contributed by atoms with E-state index in [-0.39, 0.29) is 19.2 Å². The molecule has 0 bridgehead atoms. The van der Waals surface area contributed by atoms with Crippen LogP contribution in [-0.4, -0.2) is 30.7 Å². The summed E-state index contributed by atoms with van der Waals surface area (Å²) in [6, 6.07) is 9.38. The Labute approximate surface area is 140 Å². The summed E-state index contributed by atoms with van der Waals surface area (Å²) in [6.07, 6.45) is 3.33. The maximum absolute atomic E-state index is 12.5. The summed E-state index contributed by atoms with van der Waals surface area (Å²) in [5, 5.41) is 3.04. The second kappa shape index (κ2) is 7.70. The number of amides is 1. The van der Waals surface area contributed by atoms with E-state index in [1.54, 1.807) is 17.2 Å². The van der Waals surface area contributed by atoms with Crippen LogP contribution in [0.1, 0.15) is 11.3 Å². The van der Waals surface area contributed by atoms with Crippen molar-refractivity contribution < 1.29 is 18.7 Å². The van der Waals surface area contributed by atoms with Crippen LogP contribution in [0.3, 0.4) is 0 Å². The van der Waals surface area contributed by atoms with Crippen molar-refractivity contribution in [3.63, 3.8) is 0 Å². The number of carbonyl (C=O) groups excluding carboxylic acids is 1. The number of nitrogens with zero attached hydrogens (tertiary/aromatic N) is 1. The molecule has 0 fully saturated rings. The van der Waals surface area contributed by atoms with Crippen molar-refractivity contribution in [3.05, 3.63) is 60.6 Å². The van der Waals surface area contributed by atoms with Crippen LogP contribution in [0.15, 0.2) is 53.7 Å². The molecule has 1 amide bonds. The second-order valence-electron chi connectivity index (χ2n) is 5.44. The maximum atomic E-state index is 12.5. The first-order valence-electron chi connectivity index (χ1n) is 7.76. The van der Waals surface area contributed by atoms with Gasteiger partial charge >= 0.3 is 0 Å². The fraction of sp³-hybridized carbons (Fsp3) is 0.278. The summed E-state index contributed by atoms with van der Waals surface area (Å²) in [7, 11) is 0. The first kappa shape index (κ1) is 16.1. The zero-order valence-electron chi connectivity index (χ0n) is 13.4. The van der Waals surface area contributed by atoms with E-state index in [2.05, 4.69) is 11.9 Å². The third kappa shape index (κ3) is 3.97. The smallest absolute Gasteiger partial charge is 0.237 e. The zero-order chi connectivity index (χ0) is 16.8. The molecule has 6 nitrogen and oxygen atoms in total. The Bertz CT molecular complexity index is 697. The molecule has 2 heterocycles. The topological polar surface area (TPSA) is 63.9 Å². The molecule has 1 N–H and O–H groups in total. The van der Waals surface area contributed by atoms with Crippen LogP contribution >= 0.6 is 0 Å². The van der Waals surface area contributed by atoms with Gasteiger partial charge in [0.25, 0.3) is 0 Å². The Hall–Kier alpha value is -2.73. The molecule has 1 aliphatic heterocycles. The van der Waals surface area contributed by atoms with Gasteiger partial charge in [0.15, 0.2) is 11.5 Å². The van der Waals surface area contributed by atoms with Crippen molar-refractivity contribution in [1.82, 2.24) is 10.2 Å². The van der Waals surface area contributed by atoms with Gasteiger partial charge < -0.3 is 24.1 Å². The highest BCUT2D eigenvalue weighted by molar-refractivity contribution is 5.78. The molecule has 6 heteroatoms. The molecule has 0 saturated heterocycles. The molecule has 0 saturated carbocycles. The second-order valence-corrected chi connectivity index (χ2v) is 5.44. The van der Waals surface area contributed by atoms with Crippen LogP contribution in [0.25, 0.3) is 0 Å². The van der Waals surface area contributed by atoms with Gasteiger partial charge in [-0.05, 0) is 29.8 Å². The number of hydrogen-bond donors (Lipinski definition) is 1. The van der Waals surface area contributed by atoms with Crippen molar-refractivity contribution in [3.8, 4) is 11.5 Å². The molecule has 1 aromatic heterocycles. The van der Waals surface area contributed by atoms with Crippen LogP contribution in [0, 0.1) is 0 Å². The van der Waals surface area contributed by atoms with E-state index in [0.717, 1.165) is 17.1 Å². The largest absolute Gasteiger partial charge is 0.467 e. The number of benzene rings is 1. The number of carbonyl (C=O) groups is 1. The fourth-order valence-corrected chi connectivity index (χ4v) is 2.48. The van der Waals surface area contributed by atoms with Gasteiger partial charge in [-0.2, -0.15) is 0 Å². The van der Waals surface area contributed by atoms with Crippen molar-refractivity contribution in [1.29, 1.82) is 0 Å². The van der Waals surface area contributed by atoms with E-state index in [4.69, 9.17) is 13.9 Å². The SMILES string of the molecule is C=CCNCC(=O)N(Cc1ccc2c(c1)OCO2)Cc1ccco1. The highest BCUT2D eigenvalue weighted by Crippen LogP contribution is 2.32. The van der Waals surface area contributed by atoms with Crippen molar-refractivity contribution in [2.24, 2.45) is 0 Å². The highest BCUT2D eigenvalue weighted by Gasteiger charge is 2.18. The Morgan fingerprint density at radius 1 is 1.25 bits per heavy atom. The monoisotopic (exact) mass is 328 g/mol. The van der Waals surface area contributed by atoms with Crippen molar-refractivity contribution in [2.75, 3.05) is 19.9 Å². The van der Waals surface area contributed by atoms with Gasteiger partial charge in [-0.3, -0.25) is 4.79 Å². The molecule has 0 aliphatic carbocycles. The molecule has 0 unspecified atom stereocenters. The minimum absolute atomic E-state index is 0.00841. The number of nitrogens with one attached hydrogen (secondary N) is 1. The Morgan fingerprint density at radius 2 is 2.12 bits per heavy atom. The lowest BCUT2D eigenvalue weighted by Gasteiger charge is -2.22. The number of rotatable bonds is 8. The third-order valence-electron chi connectivity index (χ3n) is 3.65. The summed E-state index contributed by atoms with van der Waals surface area (Å²) in [4.78, 5) is 14.3. The van der Waals surface area contributed by atoms with Crippen LogP contribution in [0.5, 0.6) is 11.5 Å². The van der Waals surface area contributed by atoms with Crippen LogP contribution < -0.4 is 14.8 Å².